The Bertz CT molecular complexity index is 988. The smallest absolute Gasteiger partial charge is 0.320 e. The van der Waals surface area contributed by atoms with Gasteiger partial charge in [-0.25, -0.2) is 0 Å². The summed E-state index contributed by atoms with van der Waals surface area (Å²) in [7, 11) is 0. The molecule has 222 valence electrons. The Morgan fingerprint density at radius 2 is 1.10 bits per heavy atom. The molecular formula is C26H39N5O9. The summed E-state index contributed by atoms with van der Waals surface area (Å²) in [5.74, 6) is -4.68. The van der Waals surface area contributed by atoms with Gasteiger partial charge in [0.05, 0.1) is 19.6 Å². The molecule has 0 aliphatic carbocycles. The van der Waals surface area contributed by atoms with Gasteiger partial charge in [-0.15, -0.1) is 0 Å². The van der Waals surface area contributed by atoms with E-state index in [1.54, 1.807) is 31.7 Å². The molecule has 1 atom stereocenters. The zero-order valence-corrected chi connectivity index (χ0v) is 22.7. The van der Waals surface area contributed by atoms with Gasteiger partial charge in [0.25, 0.3) is 0 Å². The molecule has 40 heavy (non-hydrogen) atoms. The number of aliphatic carboxylic acids is 4. The fourth-order valence-corrected chi connectivity index (χ4v) is 4.50. The minimum atomic E-state index is -1.14. The summed E-state index contributed by atoms with van der Waals surface area (Å²) in [4.78, 5) is 65.6. The number of aryl methyl sites for hydroxylation is 1. The maximum absolute atomic E-state index is 12.6. The molecule has 1 fully saturated rings. The summed E-state index contributed by atoms with van der Waals surface area (Å²) >= 11 is 0. The van der Waals surface area contributed by atoms with Crippen molar-refractivity contribution in [3.05, 3.63) is 29.8 Å². The molecule has 1 amide bonds. The van der Waals surface area contributed by atoms with Crippen LogP contribution in [-0.2, 0) is 24.0 Å². The van der Waals surface area contributed by atoms with Crippen molar-refractivity contribution < 1.29 is 44.4 Å². The lowest BCUT2D eigenvalue weighted by Crippen LogP contribution is -2.52. The first kappa shape index (κ1) is 32.6. The molecule has 0 saturated carbocycles. The Kier molecular flexibility index (Phi) is 13.5. The van der Waals surface area contributed by atoms with Crippen molar-refractivity contribution in [3.8, 4) is 0 Å². The molecule has 0 radical (unpaired) electrons. The maximum Gasteiger partial charge on any atom is 0.320 e. The van der Waals surface area contributed by atoms with Crippen molar-refractivity contribution in [1.82, 2.24) is 19.6 Å². The number of benzene rings is 1. The van der Waals surface area contributed by atoms with Crippen molar-refractivity contribution in [2.75, 3.05) is 77.3 Å². The van der Waals surface area contributed by atoms with Crippen LogP contribution in [0.1, 0.15) is 18.4 Å². The first-order valence-electron chi connectivity index (χ1n) is 13.1. The Morgan fingerprint density at radius 1 is 0.700 bits per heavy atom. The number of carboxylic acid groups (broad SMARTS) is 4. The number of nitrogens with zero attached hydrogens (tertiary/aromatic N) is 4. The summed E-state index contributed by atoms with van der Waals surface area (Å²) in [6.07, 6.45) is -0.0690. The summed E-state index contributed by atoms with van der Waals surface area (Å²) in [6, 6.07) is 6.14. The van der Waals surface area contributed by atoms with Crippen LogP contribution in [0.2, 0.25) is 0 Å². The highest BCUT2D eigenvalue weighted by molar-refractivity contribution is 5.91. The molecule has 0 bridgehead atoms. The topological polar surface area (TPSA) is 191 Å². The molecule has 1 saturated heterocycles. The molecule has 1 aromatic rings. The number of carbonyl (C=O) groups excluding carboxylic acids is 1. The minimum Gasteiger partial charge on any atom is -0.480 e. The number of hydrogen-bond acceptors (Lipinski definition) is 9. The highest BCUT2D eigenvalue weighted by atomic mass is 16.4. The highest BCUT2D eigenvalue weighted by Crippen LogP contribution is 2.13. The van der Waals surface area contributed by atoms with E-state index in [-0.39, 0.29) is 90.7 Å². The number of anilines is 1. The molecule has 1 heterocycles. The number of nitrogens with one attached hydrogen (secondary N) is 1. The Labute approximate surface area is 232 Å². The van der Waals surface area contributed by atoms with E-state index in [1.807, 2.05) is 19.1 Å². The third kappa shape index (κ3) is 12.5. The van der Waals surface area contributed by atoms with Gasteiger partial charge in [-0.3, -0.25) is 43.6 Å². The van der Waals surface area contributed by atoms with E-state index >= 15 is 0 Å². The molecule has 1 aromatic carbocycles. The van der Waals surface area contributed by atoms with E-state index in [4.69, 9.17) is 0 Å². The van der Waals surface area contributed by atoms with Crippen molar-refractivity contribution in [2.45, 2.75) is 25.8 Å². The fraction of sp³-hybridized carbons (Fsp3) is 0.577. The lowest BCUT2D eigenvalue weighted by molar-refractivity contribution is -0.145. The normalized spacial score (nSPS) is 17.7. The summed E-state index contributed by atoms with van der Waals surface area (Å²) in [5.41, 5.74) is 1.63. The van der Waals surface area contributed by atoms with Crippen LogP contribution in [-0.4, -0.2) is 148 Å². The van der Waals surface area contributed by atoms with Crippen LogP contribution in [0.5, 0.6) is 0 Å². The van der Waals surface area contributed by atoms with Gasteiger partial charge in [-0.1, -0.05) is 17.7 Å². The van der Waals surface area contributed by atoms with E-state index in [9.17, 15) is 44.4 Å². The number of carboxylic acids is 4. The molecule has 2 rings (SSSR count). The number of rotatable bonds is 12. The van der Waals surface area contributed by atoms with Crippen LogP contribution < -0.4 is 5.32 Å². The third-order valence-corrected chi connectivity index (χ3v) is 6.65. The summed E-state index contributed by atoms with van der Waals surface area (Å²) in [6.45, 7) is 2.63. The van der Waals surface area contributed by atoms with Gasteiger partial charge in [0.1, 0.15) is 6.04 Å². The van der Waals surface area contributed by atoms with Gasteiger partial charge in [-0.2, -0.15) is 0 Å². The predicted molar refractivity (Wildman–Crippen MR) is 144 cm³/mol. The standard InChI is InChI=1S/C26H39N5O9/c1-19-2-4-20(5-3-19)27-22(32)7-6-21(26(39)40)31-14-12-29(17-24(35)36)10-8-28(16-23(33)34)9-11-30(13-15-31)18-25(37)38/h2-5,21H,6-18H2,1H3,(H,27,32)(H,33,34)(H,35,36)(H,37,38)(H,39,40). The predicted octanol–water partition coefficient (Wildman–Crippen LogP) is -0.358. The van der Waals surface area contributed by atoms with Gasteiger partial charge in [0.15, 0.2) is 0 Å². The van der Waals surface area contributed by atoms with Crippen LogP contribution in [0.4, 0.5) is 5.69 Å². The number of carbonyl (C=O) groups is 5. The van der Waals surface area contributed by atoms with Crippen LogP contribution in [0.25, 0.3) is 0 Å². The molecule has 0 spiro atoms. The number of amides is 1. The molecule has 5 N–H and O–H groups in total. The summed E-state index contributed by atoms with van der Waals surface area (Å²) in [5, 5.41) is 40.8. The lowest BCUT2D eigenvalue weighted by atomic mass is 10.1. The van der Waals surface area contributed by atoms with Crippen LogP contribution in [0.3, 0.4) is 0 Å². The van der Waals surface area contributed by atoms with Gasteiger partial charge in [-0.05, 0) is 25.5 Å². The van der Waals surface area contributed by atoms with Gasteiger partial charge < -0.3 is 25.7 Å². The van der Waals surface area contributed by atoms with E-state index < -0.39 is 29.9 Å². The third-order valence-electron chi connectivity index (χ3n) is 6.65. The van der Waals surface area contributed by atoms with E-state index in [0.717, 1.165) is 5.56 Å². The Hall–Kier alpha value is -3.59. The second-order valence-electron chi connectivity index (χ2n) is 9.85. The number of hydrogen-bond donors (Lipinski definition) is 5. The van der Waals surface area contributed by atoms with E-state index in [0.29, 0.717) is 5.69 Å². The van der Waals surface area contributed by atoms with Gasteiger partial charge in [0.2, 0.25) is 5.91 Å². The zero-order chi connectivity index (χ0) is 29.7. The maximum atomic E-state index is 12.6. The molecule has 1 aliphatic rings. The molecule has 1 aliphatic heterocycles. The monoisotopic (exact) mass is 565 g/mol. The molecule has 0 aromatic heterocycles. The first-order valence-corrected chi connectivity index (χ1v) is 13.1. The fourth-order valence-electron chi connectivity index (χ4n) is 4.50. The van der Waals surface area contributed by atoms with E-state index in [1.165, 1.54) is 0 Å². The average molecular weight is 566 g/mol. The molecule has 14 nitrogen and oxygen atoms in total. The minimum absolute atomic E-state index is 0.00270. The van der Waals surface area contributed by atoms with E-state index in [2.05, 4.69) is 5.32 Å². The van der Waals surface area contributed by atoms with Gasteiger partial charge in [0, 0.05) is 64.5 Å². The first-order chi connectivity index (χ1) is 18.9. The highest BCUT2D eigenvalue weighted by Gasteiger charge is 2.28. The van der Waals surface area contributed by atoms with Crippen LogP contribution >= 0.6 is 0 Å². The second-order valence-corrected chi connectivity index (χ2v) is 9.85. The second kappa shape index (κ2) is 16.5. The largest absolute Gasteiger partial charge is 0.480 e. The Balaban J connectivity index is 2.18. The van der Waals surface area contributed by atoms with Gasteiger partial charge >= 0.3 is 23.9 Å². The van der Waals surface area contributed by atoms with Crippen LogP contribution in [0, 0.1) is 6.92 Å². The lowest BCUT2D eigenvalue weighted by Gasteiger charge is -2.35. The SMILES string of the molecule is Cc1ccc(NC(=O)CCC(C(=O)O)N2CCN(CC(=O)O)CCN(CC(=O)O)CCN(CC(=O)O)CC2)cc1. The summed E-state index contributed by atoms with van der Waals surface area (Å²) < 4.78 is 0. The van der Waals surface area contributed by atoms with Crippen molar-refractivity contribution >= 4 is 35.5 Å². The molecule has 1 unspecified atom stereocenters. The molecule has 14 heteroatoms. The molecular weight excluding hydrogens is 526 g/mol. The van der Waals surface area contributed by atoms with Crippen molar-refractivity contribution in [1.29, 1.82) is 0 Å². The van der Waals surface area contributed by atoms with Crippen LogP contribution in [0.15, 0.2) is 24.3 Å². The van der Waals surface area contributed by atoms with Crippen molar-refractivity contribution in [2.24, 2.45) is 0 Å². The zero-order valence-electron chi connectivity index (χ0n) is 22.7. The van der Waals surface area contributed by atoms with Crippen molar-refractivity contribution in [3.63, 3.8) is 0 Å². The quantitative estimate of drug-likeness (QED) is 0.221. The Morgan fingerprint density at radius 3 is 1.48 bits per heavy atom. The average Bonchev–Trinajstić information content (AvgIpc) is 2.85.